The fourth-order valence-corrected chi connectivity index (χ4v) is 2.63. The Labute approximate surface area is 128 Å². The highest BCUT2D eigenvalue weighted by atomic mass is 35.5. The number of carbonyl (C=O) groups is 1. The van der Waals surface area contributed by atoms with Crippen molar-refractivity contribution in [3.63, 3.8) is 0 Å². The lowest BCUT2D eigenvalue weighted by atomic mass is 10.3. The van der Waals surface area contributed by atoms with E-state index in [-0.39, 0.29) is 22.4 Å². The molecule has 0 atom stereocenters. The number of thiazole rings is 1. The first-order chi connectivity index (χ1) is 9.49. The first-order valence-electron chi connectivity index (χ1n) is 5.42. The van der Waals surface area contributed by atoms with Crippen LogP contribution in [0.15, 0.2) is 17.5 Å². The van der Waals surface area contributed by atoms with Crippen molar-refractivity contribution >= 4 is 51.3 Å². The van der Waals surface area contributed by atoms with E-state index in [9.17, 15) is 9.18 Å². The number of rotatable bonds is 4. The average Bonchev–Trinajstić information content (AvgIpc) is 2.83. The number of esters is 1. The van der Waals surface area contributed by atoms with Gasteiger partial charge in [-0.2, -0.15) is 0 Å². The van der Waals surface area contributed by atoms with Gasteiger partial charge in [-0.1, -0.05) is 23.2 Å². The van der Waals surface area contributed by atoms with Gasteiger partial charge in [-0.3, -0.25) is 4.79 Å². The first-order valence-corrected chi connectivity index (χ1v) is 7.06. The highest BCUT2D eigenvalue weighted by Crippen LogP contribution is 2.30. The topological polar surface area (TPSA) is 51.2 Å². The zero-order valence-electron chi connectivity index (χ0n) is 10.2. The second-order valence-electron chi connectivity index (χ2n) is 3.78. The molecule has 0 saturated carbocycles. The lowest BCUT2D eigenvalue weighted by Gasteiger charge is -2.05. The summed E-state index contributed by atoms with van der Waals surface area (Å²) in [5.74, 6) is -1.03. The molecule has 0 fully saturated rings. The third-order valence-electron chi connectivity index (χ3n) is 2.34. The first kappa shape index (κ1) is 15.0. The van der Waals surface area contributed by atoms with Gasteiger partial charge >= 0.3 is 5.97 Å². The van der Waals surface area contributed by atoms with Gasteiger partial charge in [0.2, 0.25) is 0 Å². The molecule has 106 valence electrons. The number of carbonyl (C=O) groups excluding carboxylic acids is 1. The van der Waals surface area contributed by atoms with Gasteiger partial charge in [0.05, 0.1) is 29.3 Å². The number of benzene rings is 1. The summed E-state index contributed by atoms with van der Waals surface area (Å²) in [5, 5.41) is 5.06. The predicted octanol–water partition coefficient (Wildman–Crippen LogP) is 4.05. The second kappa shape index (κ2) is 6.39. The molecule has 0 aliphatic heterocycles. The molecule has 0 saturated heterocycles. The van der Waals surface area contributed by atoms with Gasteiger partial charge in [-0.25, -0.2) is 9.37 Å². The zero-order chi connectivity index (χ0) is 14.7. The summed E-state index contributed by atoms with van der Waals surface area (Å²) in [6, 6.07) is 2.81. The summed E-state index contributed by atoms with van der Waals surface area (Å²) < 4.78 is 17.8. The van der Waals surface area contributed by atoms with Crippen molar-refractivity contribution in [3.8, 4) is 0 Å². The predicted molar refractivity (Wildman–Crippen MR) is 77.5 cm³/mol. The van der Waals surface area contributed by atoms with Gasteiger partial charge in [0.15, 0.2) is 10.9 Å². The van der Waals surface area contributed by atoms with Crippen LogP contribution >= 0.6 is 34.5 Å². The standard InChI is InChI=1S/C12H9Cl2FN2O2S/c1-19-10(18)4-7-5-20-12(17-7)16-6-2-8(13)11(15)9(14)3-6/h2-3,5H,4H2,1H3,(H,16,17). The molecule has 0 bridgehead atoms. The van der Waals surface area contributed by atoms with Crippen molar-refractivity contribution < 1.29 is 13.9 Å². The summed E-state index contributed by atoms with van der Waals surface area (Å²) in [5.41, 5.74) is 1.10. The van der Waals surface area contributed by atoms with Crippen LogP contribution in [0.4, 0.5) is 15.2 Å². The number of methoxy groups -OCH3 is 1. The van der Waals surface area contributed by atoms with Gasteiger partial charge in [-0.15, -0.1) is 11.3 Å². The van der Waals surface area contributed by atoms with Crippen molar-refractivity contribution in [2.45, 2.75) is 6.42 Å². The van der Waals surface area contributed by atoms with Gasteiger partial charge in [-0.05, 0) is 12.1 Å². The fourth-order valence-electron chi connectivity index (χ4n) is 1.42. The summed E-state index contributed by atoms with van der Waals surface area (Å²) >= 11 is 12.7. The number of hydrogen-bond acceptors (Lipinski definition) is 5. The Balaban J connectivity index is 2.12. The van der Waals surface area contributed by atoms with E-state index < -0.39 is 5.82 Å². The van der Waals surface area contributed by atoms with Crippen molar-refractivity contribution in [1.29, 1.82) is 0 Å². The molecule has 1 aromatic heterocycles. The van der Waals surface area contributed by atoms with Crippen LogP contribution < -0.4 is 5.32 Å². The minimum absolute atomic E-state index is 0.0775. The van der Waals surface area contributed by atoms with Crippen LogP contribution in [-0.4, -0.2) is 18.1 Å². The molecule has 4 nitrogen and oxygen atoms in total. The van der Waals surface area contributed by atoms with Crippen LogP contribution in [0, 0.1) is 5.82 Å². The van der Waals surface area contributed by atoms with Crippen LogP contribution in [0.25, 0.3) is 0 Å². The van der Waals surface area contributed by atoms with Crippen LogP contribution in [0.1, 0.15) is 5.69 Å². The molecule has 8 heteroatoms. The summed E-state index contributed by atoms with van der Waals surface area (Å²) in [4.78, 5) is 15.3. The van der Waals surface area contributed by atoms with Crippen molar-refractivity contribution in [2.75, 3.05) is 12.4 Å². The van der Waals surface area contributed by atoms with Crippen molar-refractivity contribution in [2.24, 2.45) is 0 Å². The second-order valence-corrected chi connectivity index (χ2v) is 5.45. The maximum absolute atomic E-state index is 13.3. The van der Waals surface area contributed by atoms with Crippen LogP contribution in [-0.2, 0) is 16.0 Å². The summed E-state index contributed by atoms with van der Waals surface area (Å²) in [6.07, 6.45) is 0.0968. The maximum Gasteiger partial charge on any atom is 0.311 e. The van der Waals surface area contributed by atoms with E-state index in [1.165, 1.54) is 30.6 Å². The van der Waals surface area contributed by atoms with Crippen molar-refractivity contribution in [3.05, 3.63) is 39.1 Å². The lowest BCUT2D eigenvalue weighted by Crippen LogP contribution is -2.04. The molecule has 0 aliphatic rings. The molecule has 2 rings (SSSR count). The molecule has 0 radical (unpaired) electrons. The monoisotopic (exact) mass is 334 g/mol. The number of hydrogen-bond donors (Lipinski definition) is 1. The van der Waals surface area contributed by atoms with Crippen molar-refractivity contribution in [1.82, 2.24) is 4.98 Å². The molecular formula is C12H9Cl2FN2O2S. The maximum atomic E-state index is 13.3. The van der Waals surface area contributed by atoms with E-state index in [0.29, 0.717) is 16.5 Å². The third-order valence-corrected chi connectivity index (χ3v) is 3.70. The molecule has 2 aromatic rings. The van der Waals surface area contributed by atoms with Gasteiger partial charge in [0.25, 0.3) is 0 Å². The number of anilines is 2. The van der Waals surface area contributed by atoms with E-state index in [1.807, 2.05) is 0 Å². The highest BCUT2D eigenvalue weighted by Gasteiger charge is 2.10. The Morgan fingerprint density at radius 2 is 2.10 bits per heavy atom. The molecule has 20 heavy (non-hydrogen) atoms. The van der Waals surface area contributed by atoms with Crippen LogP contribution in [0.3, 0.4) is 0 Å². The minimum atomic E-state index is -0.663. The molecule has 0 unspecified atom stereocenters. The molecule has 0 spiro atoms. The molecule has 0 amide bonds. The number of halogens is 3. The Hall–Kier alpha value is -1.37. The Morgan fingerprint density at radius 3 is 2.70 bits per heavy atom. The van der Waals surface area contributed by atoms with E-state index in [4.69, 9.17) is 23.2 Å². The number of nitrogens with zero attached hydrogens (tertiary/aromatic N) is 1. The average molecular weight is 335 g/mol. The van der Waals surface area contributed by atoms with Gasteiger partial charge < -0.3 is 10.1 Å². The largest absolute Gasteiger partial charge is 0.469 e. The lowest BCUT2D eigenvalue weighted by molar-refractivity contribution is -0.139. The third kappa shape index (κ3) is 3.59. The number of aromatic nitrogens is 1. The summed E-state index contributed by atoms with van der Waals surface area (Å²) in [6.45, 7) is 0. The van der Waals surface area contributed by atoms with Crippen LogP contribution in [0.2, 0.25) is 10.0 Å². The Morgan fingerprint density at radius 1 is 1.45 bits per heavy atom. The van der Waals surface area contributed by atoms with E-state index >= 15 is 0 Å². The molecule has 1 aromatic carbocycles. The number of ether oxygens (including phenoxy) is 1. The molecule has 1 N–H and O–H groups in total. The molecular weight excluding hydrogens is 326 g/mol. The van der Waals surface area contributed by atoms with E-state index in [1.54, 1.807) is 5.38 Å². The quantitative estimate of drug-likeness (QED) is 0.677. The summed E-state index contributed by atoms with van der Waals surface area (Å²) in [7, 11) is 1.32. The van der Waals surface area contributed by atoms with Crippen LogP contribution in [0.5, 0.6) is 0 Å². The van der Waals surface area contributed by atoms with E-state index in [2.05, 4.69) is 15.0 Å². The molecule has 1 heterocycles. The zero-order valence-corrected chi connectivity index (χ0v) is 12.6. The SMILES string of the molecule is COC(=O)Cc1csc(Nc2cc(Cl)c(F)c(Cl)c2)n1. The highest BCUT2D eigenvalue weighted by molar-refractivity contribution is 7.13. The van der Waals surface area contributed by atoms with E-state index in [0.717, 1.165) is 0 Å². The van der Waals surface area contributed by atoms with Gasteiger partial charge in [0, 0.05) is 11.1 Å². The number of nitrogens with one attached hydrogen (secondary N) is 1. The Kier molecular flexibility index (Phi) is 4.80. The fraction of sp³-hybridized carbons (Fsp3) is 0.167. The normalized spacial score (nSPS) is 10.4. The Bertz CT molecular complexity index is 625. The molecule has 0 aliphatic carbocycles. The van der Waals surface area contributed by atoms with Gasteiger partial charge in [0.1, 0.15) is 0 Å². The minimum Gasteiger partial charge on any atom is -0.469 e. The smallest absolute Gasteiger partial charge is 0.311 e.